The molecule has 0 aliphatic rings. The highest BCUT2D eigenvalue weighted by Gasteiger charge is 2.24. The fourth-order valence-corrected chi connectivity index (χ4v) is 3.42. The average molecular weight is 319 g/mol. The van der Waals surface area contributed by atoms with Gasteiger partial charge in [-0.05, 0) is 23.1 Å². The Hall–Kier alpha value is -1.89. The molecule has 1 rings (SSSR count). The van der Waals surface area contributed by atoms with Crippen LogP contribution < -0.4 is 0 Å². The highest BCUT2D eigenvalue weighted by Crippen LogP contribution is 2.24. The standard InChI is InChI=1S/C16H21N3O2S/c1-16(2,3)14-6-8-15(9-7-14)22(20,21)19(12-4-10-17)13-5-11-18/h6-9H,4-5,12-13H2,1-3H3. The summed E-state index contributed by atoms with van der Waals surface area (Å²) in [5.74, 6) is 0. The molecule has 1 aromatic carbocycles. The van der Waals surface area contributed by atoms with Crippen LogP contribution in [0.4, 0.5) is 0 Å². The molecule has 0 fully saturated rings. The molecule has 0 aliphatic heterocycles. The van der Waals surface area contributed by atoms with Crippen LogP contribution >= 0.6 is 0 Å². The van der Waals surface area contributed by atoms with Crippen molar-refractivity contribution in [2.45, 2.75) is 43.9 Å². The lowest BCUT2D eigenvalue weighted by Crippen LogP contribution is -2.32. The SMILES string of the molecule is CC(C)(C)c1ccc(S(=O)(=O)N(CCC#N)CCC#N)cc1. The molecule has 0 amide bonds. The largest absolute Gasteiger partial charge is 0.243 e. The van der Waals surface area contributed by atoms with Crippen molar-refractivity contribution >= 4 is 10.0 Å². The van der Waals surface area contributed by atoms with Gasteiger partial charge in [0.2, 0.25) is 10.0 Å². The predicted octanol–water partition coefficient (Wildman–Crippen LogP) is 2.80. The molecule has 0 saturated heterocycles. The number of rotatable bonds is 6. The Bertz CT molecular complexity index is 656. The van der Waals surface area contributed by atoms with Gasteiger partial charge in [0, 0.05) is 25.9 Å². The van der Waals surface area contributed by atoms with Crippen molar-refractivity contribution in [2.75, 3.05) is 13.1 Å². The van der Waals surface area contributed by atoms with Gasteiger partial charge in [0.15, 0.2) is 0 Å². The van der Waals surface area contributed by atoms with Crippen molar-refractivity contribution in [3.8, 4) is 12.1 Å². The first-order chi connectivity index (χ1) is 10.2. The molecule has 0 aromatic heterocycles. The van der Waals surface area contributed by atoms with Gasteiger partial charge in [-0.1, -0.05) is 32.9 Å². The fourth-order valence-electron chi connectivity index (χ4n) is 1.98. The summed E-state index contributed by atoms with van der Waals surface area (Å²) in [7, 11) is -3.68. The Balaban J connectivity index is 3.09. The van der Waals surface area contributed by atoms with Crippen LogP contribution in [0, 0.1) is 22.7 Å². The zero-order valence-corrected chi connectivity index (χ0v) is 14.0. The molecule has 0 saturated carbocycles. The molecular formula is C16H21N3O2S. The van der Waals surface area contributed by atoms with Crippen molar-refractivity contribution in [3.63, 3.8) is 0 Å². The summed E-state index contributed by atoms with van der Waals surface area (Å²) in [5, 5.41) is 17.3. The highest BCUT2D eigenvalue weighted by molar-refractivity contribution is 7.89. The number of benzene rings is 1. The first kappa shape index (κ1) is 18.2. The fraction of sp³-hybridized carbons (Fsp3) is 0.500. The molecule has 0 bridgehead atoms. The molecule has 0 aliphatic carbocycles. The highest BCUT2D eigenvalue weighted by atomic mass is 32.2. The molecule has 5 nitrogen and oxygen atoms in total. The summed E-state index contributed by atoms with van der Waals surface area (Å²) in [6.45, 7) is 6.37. The maximum atomic E-state index is 12.6. The summed E-state index contributed by atoms with van der Waals surface area (Å²) in [5.41, 5.74) is 0.996. The van der Waals surface area contributed by atoms with E-state index >= 15 is 0 Å². The van der Waals surface area contributed by atoms with Gasteiger partial charge in [0.05, 0.1) is 17.0 Å². The number of nitrogens with zero attached hydrogens (tertiary/aromatic N) is 3. The lowest BCUT2D eigenvalue weighted by molar-refractivity contribution is 0.425. The molecule has 0 spiro atoms. The van der Waals surface area contributed by atoms with Gasteiger partial charge in [0.1, 0.15) is 0 Å². The molecule has 6 heteroatoms. The smallest absolute Gasteiger partial charge is 0.207 e. The first-order valence-electron chi connectivity index (χ1n) is 7.08. The zero-order chi connectivity index (χ0) is 16.8. The van der Waals surface area contributed by atoms with Crippen LogP contribution in [0.15, 0.2) is 29.2 Å². The third-order valence-corrected chi connectivity index (χ3v) is 5.22. The average Bonchev–Trinajstić information content (AvgIpc) is 2.46. The molecule has 22 heavy (non-hydrogen) atoms. The minimum atomic E-state index is -3.68. The third kappa shape index (κ3) is 4.56. The Morgan fingerprint density at radius 1 is 1.00 bits per heavy atom. The van der Waals surface area contributed by atoms with Crippen molar-refractivity contribution < 1.29 is 8.42 Å². The van der Waals surface area contributed by atoms with E-state index in [0.717, 1.165) is 5.56 Å². The van der Waals surface area contributed by atoms with Gasteiger partial charge >= 0.3 is 0 Å². The second-order valence-electron chi connectivity index (χ2n) is 5.99. The monoisotopic (exact) mass is 319 g/mol. The van der Waals surface area contributed by atoms with E-state index in [4.69, 9.17) is 10.5 Å². The van der Waals surface area contributed by atoms with E-state index in [9.17, 15) is 8.42 Å². The maximum Gasteiger partial charge on any atom is 0.243 e. The van der Waals surface area contributed by atoms with Gasteiger partial charge in [-0.15, -0.1) is 0 Å². The second kappa shape index (κ2) is 7.40. The minimum absolute atomic E-state index is 0.0520. The van der Waals surface area contributed by atoms with E-state index < -0.39 is 10.0 Å². The van der Waals surface area contributed by atoms with Gasteiger partial charge in [-0.2, -0.15) is 14.8 Å². The summed E-state index contributed by atoms with van der Waals surface area (Å²) in [4.78, 5) is 0.191. The van der Waals surface area contributed by atoms with Crippen molar-refractivity contribution in [1.29, 1.82) is 10.5 Å². The Kier molecular flexibility index (Phi) is 6.11. The van der Waals surface area contributed by atoms with Gasteiger partial charge in [0.25, 0.3) is 0 Å². The quantitative estimate of drug-likeness (QED) is 0.807. The van der Waals surface area contributed by atoms with E-state index in [1.165, 1.54) is 4.31 Å². The molecule has 1 aromatic rings. The molecule has 0 radical (unpaired) electrons. The molecule has 0 unspecified atom stereocenters. The zero-order valence-electron chi connectivity index (χ0n) is 13.2. The Morgan fingerprint density at radius 3 is 1.82 bits per heavy atom. The number of nitriles is 2. The van der Waals surface area contributed by atoms with E-state index in [0.29, 0.717) is 0 Å². The first-order valence-corrected chi connectivity index (χ1v) is 8.52. The van der Waals surface area contributed by atoms with Crippen LogP contribution in [-0.2, 0) is 15.4 Å². The van der Waals surface area contributed by atoms with E-state index in [1.807, 2.05) is 12.1 Å². The Labute approximate surface area is 132 Å². The molecule has 0 N–H and O–H groups in total. The van der Waals surface area contributed by atoms with Gasteiger partial charge in [-0.3, -0.25) is 0 Å². The van der Waals surface area contributed by atoms with Gasteiger partial charge in [-0.25, -0.2) is 8.42 Å². The summed E-state index contributed by atoms with van der Waals surface area (Å²) < 4.78 is 26.4. The second-order valence-corrected chi connectivity index (χ2v) is 7.93. The Morgan fingerprint density at radius 2 is 1.45 bits per heavy atom. The maximum absolute atomic E-state index is 12.6. The van der Waals surface area contributed by atoms with Crippen LogP contribution in [0.3, 0.4) is 0 Å². The molecule has 118 valence electrons. The summed E-state index contributed by atoms with van der Waals surface area (Å²) in [6, 6.07) is 10.7. The lowest BCUT2D eigenvalue weighted by Gasteiger charge is -2.22. The van der Waals surface area contributed by atoms with E-state index in [2.05, 4.69) is 20.8 Å². The van der Waals surface area contributed by atoms with Gasteiger partial charge < -0.3 is 0 Å². The lowest BCUT2D eigenvalue weighted by atomic mass is 9.87. The van der Waals surface area contributed by atoms with Crippen LogP contribution in [0.2, 0.25) is 0 Å². The summed E-state index contributed by atoms with van der Waals surface area (Å²) in [6.07, 6.45) is 0.204. The number of sulfonamides is 1. The van der Waals surface area contributed by atoms with Crippen LogP contribution in [0.5, 0.6) is 0 Å². The van der Waals surface area contributed by atoms with Crippen LogP contribution in [-0.4, -0.2) is 25.8 Å². The van der Waals surface area contributed by atoms with Crippen LogP contribution in [0.25, 0.3) is 0 Å². The molecule has 0 heterocycles. The molecular weight excluding hydrogens is 298 g/mol. The minimum Gasteiger partial charge on any atom is -0.207 e. The summed E-state index contributed by atoms with van der Waals surface area (Å²) >= 11 is 0. The normalized spacial score (nSPS) is 11.9. The third-order valence-electron chi connectivity index (χ3n) is 3.30. The van der Waals surface area contributed by atoms with E-state index in [1.54, 1.807) is 24.3 Å². The molecule has 0 atom stereocenters. The van der Waals surface area contributed by atoms with Crippen molar-refractivity contribution in [3.05, 3.63) is 29.8 Å². The van der Waals surface area contributed by atoms with Crippen molar-refractivity contribution in [1.82, 2.24) is 4.31 Å². The van der Waals surface area contributed by atoms with Crippen molar-refractivity contribution in [2.24, 2.45) is 0 Å². The number of hydrogen-bond donors (Lipinski definition) is 0. The predicted molar refractivity (Wildman–Crippen MR) is 84.4 cm³/mol. The van der Waals surface area contributed by atoms with E-state index in [-0.39, 0.29) is 36.2 Å². The number of hydrogen-bond acceptors (Lipinski definition) is 4. The van der Waals surface area contributed by atoms with Crippen LogP contribution in [0.1, 0.15) is 39.2 Å². The topological polar surface area (TPSA) is 85.0 Å².